The molecule has 6 rings (SSSR count). The lowest BCUT2D eigenvalue weighted by molar-refractivity contribution is -0.137. The minimum Gasteiger partial charge on any atom is -0.481 e. The largest absolute Gasteiger partial charge is 0.481 e. The van der Waals surface area contributed by atoms with E-state index in [0.717, 1.165) is 52.0 Å². The average Bonchev–Trinajstić information content (AvgIpc) is 3.01. The van der Waals surface area contributed by atoms with Crippen LogP contribution in [-0.4, -0.2) is 56.6 Å². The number of aromatic nitrogens is 2. The molecule has 216 valence electrons. The van der Waals surface area contributed by atoms with Crippen LogP contribution in [0.5, 0.6) is 0 Å². The highest BCUT2D eigenvalue weighted by Crippen LogP contribution is 2.40. The molecule has 1 atom stereocenters. The van der Waals surface area contributed by atoms with Crippen LogP contribution in [0.4, 0.5) is 0 Å². The monoisotopic (exact) mass is 584 g/mol. The lowest BCUT2D eigenvalue weighted by Gasteiger charge is -2.46. The topological polar surface area (TPSA) is 116 Å². The third-order valence-corrected chi connectivity index (χ3v) is 8.91. The molecule has 0 bridgehead atoms. The van der Waals surface area contributed by atoms with Crippen LogP contribution in [0, 0.1) is 0 Å². The molecule has 0 radical (unpaired) electrons. The maximum Gasteiger partial charge on any atom is 0.303 e. The molecule has 9 heteroatoms. The highest BCUT2D eigenvalue weighted by molar-refractivity contribution is 6.30. The first-order chi connectivity index (χ1) is 20.3. The molecule has 3 aromatic carbocycles. The van der Waals surface area contributed by atoms with Crippen LogP contribution in [0.1, 0.15) is 65.5 Å². The van der Waals surface area contributed by atoms with E-state index in [0.29, 0.717) is 49.4 Å². The summed E-state index contributed by atoms with van der Waals surface area (Å²) in [4.78, 5) is 35.4. The van der Waals surface area contributed by atoms with Crippen molar-refractivity contribution < 1.29 is 19.8 Å². The fourth-order valence-electron chi connectivity index (χ4n) is 6.29. The smallest absolute Gasteiger partial charge is 0.303 e. The predicted molar refractivity (Wildman–Crippen MR) is 161 cm³/mol. The fourth-order valence-corrected chi connectivity index (χ4v) is 6.41. The number of carboxylic acid groups (broad SMARTS) is 1. The molecule has 1 unspecified atom stereocenters. The normalized spacial score (nSPS) is 17.1. The van der Waals surface area contributed by atoms with Crippen LogP contribution in [0.2, 0.25) is 5.02 Å². The molecule has 0 aliphatic carbocycles. The number of aliphatic carboxylic acids is 1. The van der Waals surface area contributed by atoms with Crippen LogP contribution in [0.25, 0.3) is 22.3 Å². The molecule has 3 heterocycles. The summed E-state index contributed by atoms with van der Waals surface area (Å²) in [5, 5.41) is 24.2. The molecular weight excluding hydrogens is 552 g/mol. The molecule has 1 fully saturated rings. The van der Waals surface area contributed by atoms with Gasteiger partial charge in [-0.1, -0.05) is 48.0 Å². The number of carbonyl (C=O) groups is 2. The Labute approximate surface area is 249 Å². The number of aryl methyl sites for hydroxylation is 1. The number of hydrogen-bond donors (Lipinski definition) is 3. The van der Waals surface area contributed by atoms with Crippen LogP contribution in [-0.2, 0) is 16.6 Å². The molecule has 8 nitrogen and oxygen atoms in total. The van der Waals surface area contributed by atoms with Crippen molar-refractivity contribution in [1.82, 2.24) is 20.2 Å². The number of unbranched alkanes of at least 4 members (excludes halogenated alkanes) is 1. The van der Waals surface area contributed by atoms with Crippen molar-refractivity contribution in [1.29, 1.82) is 0 Å². The van der Waals surface area contributed by atoms with Gasteiger partial charge in [0.25, 0.3) is 5.91 Å². The van der Waals surface area contributed by atoms with Gasteiger partial charge < -0.3 is 15.5 Å². The second kappa shape index (κ2) is 11.8. The van der Waals surface area contributed by atoms with Crippen molar-refractivity contribution in [3.63, 3.8) is 0 Å². The zero-order chi connectivity index (χ0) is 29.3. The van der Waals surface area contributed by atoms with Crippen LogP contribution < -0.4 is 5.32 Å². The Balaban J connectivity index is 1.24. The van der Waals surface area contributed by atoms with Gasteiger partial charge in [-0.15, -0.1) is 0 Å². The number of benzene rings is 3. The molecule has 1 saturated heterocycles. The number of likely N-dealkylation sites (tertiary alicyclic amines) is 1. The summed E-state index contributed by atoms with van der Waals surface area (Å²) in [5.41, 5.74) is 6.34. The molecule has 3 N–H and O–H groups in total. The zero-order valence-corrected chi connectivity index (χ0v) is 24.0. The molecule has 0 saturated carbocycles. The van der Waals surface area contributed by atoms with E-state index in [4.69, 9.17) is 26.7 Å². The number of carboxylic acids is 1. The van der Waals surface area contributed by atoms with Gasteiger partial charge in [0, 0.05) is 47.6 Å². The number of nitrogens with one attached hydrogen (secondary N) is 1. The zero-order valence-electron chi connectivity index (χ0n) is 23.2. The van der Waals surface area contributed by atoms with Crippen molar-refractivity contribution in [2.75, 3.05) is 19.6 Å². The van der Waals surface area contributed by atoms with Crippen molar-refractivity contribution in [3.8, 4) is 11.3 Å². The fraction of sp³-hybridized carbons (Fsp3) is 0.333. The first-order valence-corrected chi connectivity index (χ1v) is 14.8. The van der Waals surface area contributed by atoms with E-state index < -0.39 is 12.2 Å². The van der Waals surface area contributed by atoms with E-state index in [-0.39, 0.29) is 17.7 Å². The number of nitrogens with zero attached hydrogens (tertiary/aromatic N) is 3. The van der Waals surface area contributed by atoms with Crippen molar-refractivity contribution in [2.45, 2.75) is 50.2 Å². The van der Waals surface area contributed by atoms with Gasteiger partial charge >= 0.3 is 5.97 Å². The molecule has 1 spiro atoms. The second-order valence-electron chi connectivity index (χ2n) is 11.3. The second-order valence-corrected chi connectivity index (χ2v) is 11.7. The number of amides is 1. The van der Waals surface area contributed by atoms with Gasteiger partial charge in [0.1, 0.15) is 6.23 Å². The Morgan fingerprint density at radius 1 is 1.00 bits per heavy atom. The Kier molecular flexibility index (Phi) is 7.94. The summed E-state index contributed by atoms with van der Waals surface area (Å²) in [6.07, 6.45) is 2.80. The summed E-state index contributed by atoms with van der Waals surface area (Å²) in [6, 6.07) is 21.0. The number of hydrogen-bond acceptors (Lipinski definition) is 6. The highest BCUT2D eigenvalue weighted by Gasteiger charge is 2.42. The van der Waals surface area contributed by atoms with E-state index in [2.05, 4.69) is 16.3 Å². The molecule has 1 aromatic heterocycles. The number of aliphatic hydroxyl groups excluding tert-OH is 1. The minimum absolute atomic E-state index is 0.0172. The number of aliphatic hydroxyl groups is 1. The van der Waals surface area contributed by atoms with Gasteiger partial charge in [0.05, 0.1) is 22.4 Å². The van der Waals surface area contributed by atoms with Crippen molar-refractivity contribution in [2.24, 2.45) is 0 Å². The first kappa shape index (κ1) is 28.3. The standard InChI is InChI=1S/C33H33ClN4O4/c34-23-12-9-21(10-13-23)30-27(7-3-4-8-29(39)40)36-28-19-22(11-14-26(28)37-30)32(42)38-17-15-33(16-18-38)20-35-31(41)24-5-1-2-6-25(24)33/h1-2,5-6,9-14,19,32,42H,3-4,7-8,15-18,20H2,(H,35,41)(H,39,40). The maximum absolute atomic E-state index is 12.4. The van der Waals surface area contributed by atoms with Crippen LogP contribution in [0.15, 0.2) is 66.7 Å². The summed E-state index contributed by atoms with van der Waals surface area (Å²) in [7, 11) is 0. The van der Waals surface area contributed by atoms with Gasteiger partial charge in [-0.2, -0.15) is 0 Å². The van der Waals surface area contributed by atoms with Crippen molar-refractivity contribution in [3.05, 3.63) is 94.1 Å². The minimum atomic E-state index is -0.808. The number of fused-ring (bicyclic) bond motifs is 3. The molecule has 1 amide bonds. The Morgan fingerprint density at radius 3 is 2.52 bits per heavy atom. The molecular formula is C33H33ClN4O4. The van der Waals surface area contributed by atoms with Crippen LogP contribution >= 0.6 is 11.6 Å². The van der Waals surface area contributed by atoms with Gasteiger partial charge in [-0.3, -0.25) is 14.5 Å². The molecule has 2 aliphatic heterocycles. The van der Waals surface area contributed by atoms with E-state index >= 15 is 0 Å². The average molecular weight is 585 g/mol. The third-order valence-electron chi connectivity index (χ3n) is 8.66. The number of halogens is 1. The molecule has 4 aromatic rings. The highest BCUT2D eigenvalue weighted by atomic mass is 35.5. The Bertz CT molecular complexity index is 1630. The van der Waals surface area contributed by atoms with Crippen molar-refractivity contribution >= 4 is 34.5 Å². The lowest BCUT2D eigenvalue weighted by Crippen LogP contribution is -2.53. The Hall–Kier alpha value is -3.85. The third kappa shape index (κ3) is 5.62. The van der Waals surface area contributed by atoms with E-state index in [9.17, 15) is 14.7 Å². The summed E-state index contributed by atoms with van der Waals surface area (Å²) in [6.45, 7) is 2.00. The predicted octanol–water partition coefficient (Wildman–Crippen LogP) is 5.52. The maximum atomic E-state index is 12.4. The summed E-state index contributed by atoms with van der Waals surface area (Å²) in [5.74, 6) is -0.825. The molecule has 2 aliphatic rings. The van der Waals surface area contributed by atoms with Gasteiger partial charge in [-0.05, 0) is 73.6 Å². The lowest BCUT2D eigenvalue weighted by atomic mass is 9.69. The first-order valence-electron chi connectivity index (χ1n) is 14.4. The molecule has 42 heavy (non-hydrogen) atoms. The van der Waals surface area contributed by atoms with Gasteiger partial charge in [0.15, 0.2) is 0 Å². The SMILES string of the molecule is O=C(O)CCCCc1nc2cc(C(O)N3CCC4(CC3)CNC(=O)c3ccccc34)ccc2nc1-c1ccc(Cl)cc1. The van der Waals surface area contributed by atoms with Gasteiger partial charge in [0.2, 0.25) is 0 Å². The quantitative estimate of drug-likeness (QED) is 0.234. The Morgan fingerprint density at radius 2 is 1.76 bits per heavy atom. The van der Waals surface area contributed by atoms with Crippen LogP contribution in [0.3, 0.4) is 0 Å². The number of piperidine rings is 1. The van der Waals surface area contributed by atoms with E-state index in [1.807, 2.05) is 60.7 Å². The van der Waals surface area contributed by atoms with E-state index in [1.54, 1.807) is 0 Å². The van der Waals surface area contributed by atoms with Gasteiger partial charge in [-0.25, -0.2) is 9.97 Å². The summed E-state index contributed by atoms with van der Waals surface area (Å²) >= 11 is 6.11. The summed E-state index contributed by atoms with van der Waals surface area (Å²) < 4.78 is 0. The number of rotatable bonds is 8. The number of carbonyl (C=O) groups excluding carboxylic acids is 1. The van der Waals surface area contributed by atoms with E-state index in [1.165, 1.54) is 0 Å².